The van der Waals surface area contributed by atoms with Gasteiger partial charge in [-0.05, 0) is 22.6 Å². The van der Waals surface area contributed by atoms with E-state index in [9.17, 15) is 0 Å². The molecular weight excluding hydrogens is 202 g/mol. The quantitative estimate of drug-likeness (QED) is 0.696. The number of aromatic nitrogens is 5. The third-order valence-electron chi connectivity index (χ3n) is 2.22. The molecule has 5 nitrogen and oxygen atoms in total. The Bertz CT molecular complexity index is 457. The second-order valence-corrected chi connectivity index (χ2v) is 3.42. The van der Waals surface area contributed by atoms with Gasteiger partial charge in [-0.15, -0.1) is 17.4 Å². The Hall–Kier alpha value is -2.22. The molecule has 1 atom stereocenters. The highest BCUT2D eigenvalue weighted by Gasteiger charge is 2.08. The first kappa shape index (κ1) is 10.3. The van der Waals surface area contributed by atoms with Crippen LogP contribution in [0.4, 0.5) is 0 Å². The second kappa shape index (κ2) is 5.03. The van der Waals surface area contributed by atoms with Gasteiger partial charge in [-0.2, -0.15) is 0 Å². The number of terminal acetylenes is 1. The molecule has 0 fully saturated rings. The lowest BCUT2D eigenvalue weighted by molar-refractivity contribution is 0.484. The summed E-state index contributed by atoms with van der Waals surface area (Å²) >= 11 is 0. The minimum absolute atomic E-state index is 0.0541. The Morgan fingerprint density at radius 2 is 2.38 bits per heavy atom. The van der Waals surface area contributed by atoms with Gasteiger partial charge in [-0.3, -0.25) is 4.98 Å². The van der Waals surface area contributed by atoms with Crippen LogP contribution in [0, 0.1) is 18.3 Å². The van der Waals surface area contributed by atoms with Crippen molar-refractivity contribution in [3.05, 3.63) is 36.4 Å². The lowest BCUT2D eigenvalue weighted by atomic mass is 10.0. The summed E-state index contributed by atoms with van der Waals surface area (Å²) in [5, 5.41) is 10.9. The van der Waals surface area contributed by atoms with Gasteiger partial charge in [0.25, 0.3) is 0 Å². The van der Waals surface area contributed by atoms with Gasteiger partial charge in [0, 0.05) is 24.2 Å². The van der Waals surface area contributed by atoms with Gasteiger partial charge >= 0.3 is 0 Å². The van der Waals surface area contributed by atoms with Crippen LogP contribution in [0.25, 0.3) is 0 Å². The fourth-order valence-electron chi connectivity index (χ4n) is 1.44. The smallest absolute Gasteiger partial charge is 0.138 e. The summed E-state index contributed by atoms with van der Waals surface area (Å²) in [4.78, 5) is 4.24. The SMILES string of the molecule is C#CC(Cc1ccccn1)Cn1cnnn1. The molecule has 16 heavy (non-hydrogen) atoms. The van der Waals surface area contributed by atoms with Crippen molar-refractivity contribution in [2.24, 2.45) is 5.92 Å². The van der Waals surface area contributed by atoms with E-state index < -0.39 is 0 Å². The zero-order chi connectivity index (χ0) is 11.2. The van der Waals surface area contributed by atoms with Crippen LogP contribution in [0.3, 0.4) is 0 Å². The van der Waals surface area contributed by atoms with Gasteiger partial charge in [0.1, 0.15) is 6.33 Å². The fraction of sp³-hybridized carbons (Fsp3) is 0.273. The number of hydrogen-bond acceptors (Lipinski definition) is 4. The molecule has 0 bridgehead atoms. The zero-order valence-electron chi connectivity index (χ0n) is 8.69. The highest BCUT2D eigenvalue weighted by Crippen LogP contribution is 2.07. The Kier molecular flexibility index (Phi) is 3.24. The van der Waals surface area contributed by atoms with Crippen molar-refractivity contribution in [2.75, 3.05) is 0 Å². The molecule has 0 N–H and O–H groups in total. The summed E-state index contributed by atoms with van der Waals surface area (Å²) < 4.78 is 1.63. The van der Waals surface area contributed by atoms with Crippen LogP contribution in [0.15, 0.2) is 30.7 Å². The highest BCUT2D eigenvalue weighted by atomic mass is 15.5. The van der Waals surface area contributed by atoms with Gasteiger partial charge in [0.15, 0.2) is 0 Å². The van der Waals surface area contributed by atoms with Gasteiger partial charge in [0.05, 0.1) is 6.54 Å². The summed E-state index contributed by atoms with van der Waals surface area (Å²) in [6, 6.07) is 5.80. The first-order valence-corrected chi connectivity index (χ1v) is 4.95. The molecule has 0 aromatic carbocycles. The normalized spacial score (nSPS) is 11.9. The molecule has 2 heterocycles. The summed E-state index contributed by atoms with van der Waals surface area (Å²) in [7, 11) is 0. The van der Waals surface area contributed by atoms with E-state index in [1.807, 2.05) is 18.2 Å². The van der Waals surface area contributed by atoms with Gasteiger partial charge in [-0.1, -0.05) is 6.07 Å². The van der Waals surface area contributed by atoms with Crippen LogP contribution in [0.2, 0.25) is 0 Å². The average molecular weight is 213 g/mol. The van der Waals surface area contributed by atoms with E-state index in [1.54, 1.807) is 17.2 Å². The van der Waals surface area contributed by atoms with Gasteiger partial charge in [0.2, 0.25) is 0 Å². The number of hydrogen-bond donors (Lipinski definition) is 0. The molecule has 2 aromatic rings. The topological polar surface area (TPSA) is 56.5 Å². The third kappa shape index (κ3) is 2.64. The van der Waals surface area contributed by atoms with E-state index in [2.05, 4.69) is 26.4 Å². The van der Waals surface area contributed by atoms with Gasteiger partial charge < -0.3 is 0 Å². The predicted molar refractivity (Wildman–Crippen MR) is 58.1 cm³/mol. The van der Waals surface area contributed by atoms with E-state index in [0.717, 1.165) is 12.1 Å². The second-order valence-electron chi connectivity index (χ2n) is 3.42. The monoisotopic (exact) mass is 213 g/mol. The van der Waals surface area contributed by atoms with Crippen LogP contribution >= 0.6 is 0 Å². The van der Waals surface area contributed by atoms with Crippen LogP contribution < -0.4 is 0 Å². The molecule has 0 aliphatic carbocycles. The number of nitrogens with zero attached hydrogens (tertiary/aromatic N) is 5. The van der Waals surface area contributed by atoms with Crippen LogP contribution in [0.1, 0.15) is 5.69 Å². The molecule has 1 unspecified atom stereocenters. The van der Waals surface area contributed by atoms with E-state index in [0.29, 0.717) is 6.54 Å². The first-order valence-electron chi connectivity index (χ1n) is 4.95. The lowest BCUT2D eigenvalue weighted by Crippen LogP contribution is -2.13. The Labute approximate surface area is 93.5 Å². The molecule has 2 aromatic heterocycles. The standard InChI is InChI=1S/C11H11N5/c1-2-10(8-16-9-13-14-15-16)7-11-5-3-4-6-12-11/h1,3-6,9-10H,7-8H2. The molecule has 2 rings (SSSR count). The molecular formula is C11H11N5. The van der Waals surface area contributed by atoms with Crippen molar-refractivity contribution in [3.8, 4) is 12.3 Å². The Morgan fingerprint density at radius 3 is 3.00 bits per heavy atom. The maximum Gasteiger partial charge on any atom is 0.138 e. The van der Waals surface area contributed by atoms with E-state index in [1.165, 1.54) is 0 Å². The van der Waals surface area contributed by atoms with Crippen LogP contribution in [-0.4, -0.2) is 25.2 Å². The minimum Gasteiger partial charge on any atom is -0.261 e. The third-order valence-corrected chi connectivity index (χ3v) is 2.22. The number of pyridine rings is 1. The van der Waals surface area contributed by atoms with Crippen molar-refractivity contribution in [1.29, 1.82) is 0 Å². The van der Waals surface area contributed by atoms with Crippen molar-refractivity contribution in [3.63, 3.8) is 0 Å². The molecule has 0 aliphatic heterocycles. The summed E-state index contributed by atoms with van der Waals surface area (Å²) in [6.45, 7) is 0.611. The molecule has 5 heteroatoms. The molecule has 0 aliphatic rings. The lowest BCUT2D eigenvalue weighted by Gasteiger charge is -2.08. The number of tetrazole rings is 1. The van der Waals surface area contributed by atoms with Crippen molar-refractivity contribution >= 4 is 0 Å². The Balaban J connectivity index is 2.00. The summed E-state index contributed by atoms with van der Waals surface area (Å²) in [5.74, 6) is 2.79. The van der Waals surface area contributed by atoms with Crippen LogP contribution in [0.5, 0.6) is 0 Å². The van der Waals surface area contributed by atoms with E-state index in [4.69, 9.17) is 6.42 Å². The van der Waals surface area contributed by atoms with E-state index in [-0.39, 0.29) is 5.92 Å². The fourth-order valence-corrected chi connectivity index (χ4v) is 1.44. The number of rotatable bonds is 4. The molecule has 0 radical (unpaired) electrons. The highest BCUT2D eigenvalue weighted by molar-refractivity contribution is 5.08. The molecule has 80 valence electrons. The van der Waals surface area contributed by atoms with Crippen molar-refractivity contribution in [2.45, 2.75) is 13.0 Å². The largest absolute Gasteiger partial charge is 0.261 e. The first-order chi connectivity index (χ1) is 7.88. The molecule has 0 saturated carbocycles. The molecule has 0 amide bonds. The Morgan fingerprint density at radius 1 is 1.44 bits per heavy atom. The van der Waals surface area contributed by atoms with E-state index >= 15 is 0 Å². The zero-order valence-corrected chi connectivity index (χ0v) is 8.69. The molecule has 0 spiro atoms. The minimum atomic E-state index is 0.0541. The molecule has 0 saturated heterocycles. The maximum absolute atomic E-state index is 5.48. The van der Waals surface area contributed by atoms with Crippen molar-refractivity contribution in [1.82, 2.24) is 25.2 Å². The summed E-state index contributed by atoms with van der Waals surface area (Å²) in [5.41, 5.74) is 0.985. The van der Waals surface area contributed by atoms with Gasteiger partial charge in [-0.25, -0.2) is 4.68 Å². The predicted octanol–water partition coefficient (Wildman–Crippen LogP) is 0.560. The maximum atomic E-state index is 5.48. The average Bonchev–Trinajstić information content (AvgIpc) is 2.82. The summed E-state index contributed by atoms with van der Waals surface area (Å²) in [6.07, 6.45) is 9.53. The van der Waals surface area contributed by atoms with Crippen molar-refractivity contribution < 1.29 is 0 Å². The van der Waals surface area contributed by atoms with Crippen LogP contribution in [-0.2, 0) is 13.0 Å².